The van der Waals surface area contributed by atoms with Gasteiger partial charge in [0.25, 0.3) is 0 Å². The highest BCUT2D eigenvalue weighted by molar-refractivity contribution is 7.18. The van der Waals surface area contributed by atoms with Gasteiger partial charge >= 0.3 is 18.0 Å². The molecule has 1 unspecified atom stereocenters. The van der Waals surface area contributed by atoms with Crippen molar-refractivity contribution in [3.63, 3.8) is 0 Å². The van der Waals surface area contributed by atoms with Crippen molar-refractivity contribution in [3.05, 3.63) is 40.8 Å². The number of nitrogens with one attached hydrogen (secondary N) is 1. The third-order valence-corrected chi connectivity index (χ3v) is 5.85. The summed E-state index contributed by atoms with van der Waals surface area (Å²) in [6.45, 7) is 1.29. The van der Waals surface area contributed by atoms with Crippen molar-refractivity contribution in [3.8, 4) is 10.4 Å². The molecule has 0 bridgehead atoms. The largest absolute Gasteiger partial charge is 0.456 e. The van der Waals surface area contributed by atoms with E-state index in [2.05, 4.69) is 5.32 Å². The summed E-state index contributed by atoms with van der Waals surface area (Å²) in [4.78, 5) is 38.1. The Kier molecular flexibility index (Phi) is 6.91. The zero-order valence-electron chi connectivity index (χ0n) is 16.6. The normalized spacial score (nSPS) is 16.2. The molecule has 0 radical (unpaired) electrons. The van der Waals surface area contributed by atoms with E-state index < -0.39 is 24.1 Å². The van der Waals surface area contributed by atoms with Gasteiger partial charge in [0.15, 0.2) is 0 Å². The number of rotatable bonds is 6. The minimum absolute atomic E-state index is 0.237. The van der Waals surface area contributed by atoms with Crippen LogP contribution in [0.25, 0.3) is 10.4 Å². The maximum absolute atomic E-state index is 12.8. The van der Waals surface area contributed by atoms with E-state index in [0.29, 0.717) is 26.0 Å². The molecule has 5 N–H and O–H groups in total. The molecule has 1 aromatic heterocycles. The lowest BCUT2D eigenvalue weighted by molar-refractivity contribution is 0.0134. The highest BCUT2D eigenvalue weighted by Gasteiger charge is 2.27. The topological polar surface area (TPSA) is 137 Å². The van der Waals surface area contributed by atoms with Crippen LogP contribution in [0.5, 0.6) is 0 Å². The predicted octanol–water partition coefficient (Wildman–Crippen LogP) is 2.75. The second-order valence-electron chi connectivity index (χ2n) is 6.93. The summed E-state index contributed by atoms with van der Waals surface area (Å²) in [5.74, 6) is -0.581. The monoisotopic (exact) mass is 432 g/mol. The van der Waals surface area contributed by atoms with Crippen LogP contribution in [-0.4, -0.2) is 49.2 Å². The number of amides is 4. The van der Waals surface area contributed by atoms with E-state index in [1.165, 1.54) is 16.2 Å². The molecule has 1 fully saturated rings. The Morgan fingerprint density at radius 1 is 1.23 bits per heavy atom. The highest BCUT2D eigenvalue weighted by Crippen LogP contribution is 2.36. The third-order valence-electron chi connectivity index (χ3n) is 4.69. The molecular weight excluding hydrogens is 408 g/mol. The number of urea groups is 2. The van der Waals surface area contributed by atoms with Crippen LogP contribution in [-0.2, 0) is 16.1 Å². The molecule has 0 saturated carbocycles. The number of likely N-dealkylation sites (tertiary alicyclic amines) is 1. The van der Waals surface area contributed by atoms with Crippen molar-refractivity contribution in [1.82, 2.24) is 4.90 Å². The number of thiophene rings is 1. The summed E-state index contributed by atoms with van der Waals surface area (Å²) >= 11 is 1.20. The van der Waals surface area contributed by atoms with Crippen LogP contribution in [0, 0.1) is 0 Å². The summed E-state index contributed by atoms with van der Waals surface area (Å²) in [5, 5.41) is 2.48. The molecule has 3 rings (SSSR count). The van der Waals surface area contributed by atoms with Gasteiger partial charge in [0.1, 0.15) is 11.0 Å². The molecule has 160 valence electrons. The van der Waals surface area contributed by atoms with Crippen LogP contribution in [0.4, 0.5) is 15.3 Å². The number of hydrogen-bond donors (Lipinski definition) is 3. The standard InChI is InChI=1S/C20H24N4O5S/c1-28-11-12-4-6-13(7-5-12)16-9-15(23-19(21)26)17(30-16)18(25)29-14-3-2-8-24(10-14)20(22)27/h4-7,9,14H,2-3,8,10-11H2,1H3,(H2,22,27)(H3,21,23,26). The number of ether oxygens (including phenoxy) is 2. The van der Waals surface area contributed by atoms with Crippen molar-refractivity contribution < 1.29 is 23.9 Å². The van der Waals surface area contributed by atoms with E-state index in [-0.39, 0.29) is 17.1 Å². The Labute approximate surface area is 177 Å². The zero-order valence-corrected chi connectivity index (χ0v) is 17.4. The molecule has 10 heteroatoms. The fraction of sp³-hybridized carbons (Fsp3) is 0.350. The SMILES string of the molecule is COCc1ccc(-c2cc(NC(N)=O)c(C(=O)OC3CCCN(C(N)=O)C3)s2)cc1. The molecule has 1 atom stereocenters. The first-order chi connectivity index (χ1) is 14.4. The van der Waals surface area contributed by atoms with Gasteiger partial charge in [-0.05, 0) is 30.0 Å². The zero-order chi connectivity index (χ0) is 21.7. The fourth-order valence-electron chi connectivity index (χ4n) is 3.28. The lowest BCUT2D eigenvalue weighted by atomic mass is 10.1. The van der Waals surface area contributed by atoms with Gasteiger partial charge in [-0.25, -0.2) is 14.4 Å². The van der Waals surface area contributed by atoms with Gasteiger partial charge in [-0.1, -0.05) is 24.3 Å². The van der Waals surface area contributed by atoms with Crippen LogP contribution in [0.2, 0.25) is 0 Å². The Balaban J connectivity index is 1.81. The first kappa shape index (κ1) is 21.6. The fourth-order valence-corrected chi connectivity index (χ4v) is 4.28. The van der Waals surface area contributed by atoms with Crippen LogP contribution >= 0.6 is 11.3 Å². The first-order valence-electron chi connectivity index (χ1n) is 9.41. The quantitative estimate of drug-likeness (QED) is 0.603. The number of benzene rings is 1. The molecule has 2 aromatic rings. The van der Waals surface area contributed by atoms with Crippen molar-refractivity contribution in [2.75, 3.05) is 25.5 Å². The van der Waals surface area contributed by atoms with E-state index >= 15 is 0 Å². The van der Waals surface area contributed by atoms with Crippen LogP contribution in [0.1, 0.15) is 28.1 Å². The molecule has 9 nitrogen and oxygen atoms in total. The molecule has 0 aliphatic carbocycles. The van der Waals surface area contributed by atoms with Crippen molar-refractivity contribution in [2.45, 2.75) is 25.6 Å². The van der Waals surface area contributed by atoms with Crippen LogP contribution in [0.3, 0.4) is 0 Å². The second kappa shape index (κ2) is 9.59. The number of nitrogens with zero attached hydrogens (tertiary/aromatic N) is 1. The number of esters is 1. The van der Waals surface area contributed by atoms with E-state index in [0.717, 1.165) is 16.0 Å². The molecular formula is C20H24N4O5S. The lowest BCUT2D eigenvalue weighted by Crippen LogP contribution is -2.46. The lowest BCUT2D eigenvalue weighted by Gasteiger charge is -2.31. The number of carbonyl (C=O) groups is 3. The number of piperidine rings is 1. The maximum atomic E-state index is 12.8. The van der Waals surface area contributed by atoms with Gasteiger partial charge in [-0.3, -0.25) is 0 Å². The van der Waals surface area contributed by atoms with Gasteiger partial charge in [0.05, 0.1) is 18.8 Å². The number of anilines is 1. The van der Waals surface area contributed by atoms with E-state index in [4.69, 9.17) is 20.9 Å². The van der Waals surface area contributed by atoms with Gasteiger partial charge in [0, 0.05) is 18.5 Å². The highest BCUT2D eigenvalue weighted by atomic mass is 32.1. The van der Waals surface area contributed by atoms with E-state index in [1.807, 2.05) is 24.3 Å². The molecule has 30 heavy (non-hydrogen) atoms. The molecule has 1 aliphatic heterocycles. The van der Waals surface area contributed by atoms with Crippen molar-refractivity contribution in [2.24, 2.45) is 11.5 Å². The van der Waals surface area contributed by atoms with Gasteiger partial charge in [0.2, 0.25) is 0 Å². The molecule has 2 heterocycles. The summed E-state index contributed by atoms with van der Waals surface area (Å²) < 4.78 is 10.7. The van der Waals surface area contributed by atoms with Crippen LogP contribution in [0.15, 0.2) is 30.3 Å². The first-order valence-corrected chi connectivity index (χ1v) is 10.2. The minimum Gasteiger partial charge on any atom is -0.456 e. The smallest absolute Gasteiger partial charge is 0.350 e. The molecule has 1 aliphatic rings. The van der Waals surface area contributed by atoms with Crippen molar-refractivity contribution in [1.29, 1.82) is 0 Å². The molecule has 4 amide bonds. The summed E-state index contributed by atoms with van der Waals surface area (Å²) in [7, 11) is 1.63. The Bertz CT molecular complexity index is 928. The summed E-state index contributed by atoms with van der Waals surface area (Å²) in [6, 6.07) is 8.05. The number of primary amides is 2. The third kappa shape index (κ3) is 5.28. The van der Waals surface area contributed by atoms with Gasteiger partial charge < -0.3 is 31.2 Å². The van der Waals surface area contributed by atoms with Crippen LogP contribution < -0.4 is 16.8 Å². The number of methoxy groups -OCH3 is 1. The Hall–Kier alpha value is -3.11. The predicted molar refractivity (Wildman–Crippen MR) is 113 cm³/mol. The average molecular weight is 433 g/mol. The van der Waals surface area contributed by atoms with E-state index in [1.54, 1.807) is 13.2 Å². The average Bonchev–Trinajstić information content (AvgIpc) is 3.12. The number of nitrogens with two attached hydrogens (primary N) is 2. The van der Waals surface area contributed by atoms with E-state index in [9.17, 15) is 14.4 Å². The maximum Gasteiger partial charge on any atom is 0.350 e. The second-order valence-corrected chi connectivity index (χ2v) is 7.98. The Morgan fingerprint density at radius 2 is 1.97 bits per heavy atom. The molecule has 1 saturated heterocycles. The number of carbonyl (C=O) groups excluding carboxylic acids is 3. The van der Waals surface area contributed by atoms with Crippen molar-refractivity contribution >= 4 is 35.1 Å². The summed E-state index contributed by atoms with van der Waals surface area (Å²) in [6.07, 6.45) is 0.864. The summed E-state index contributed by atoms with van der Waals surface area (Å²) in [5.41, 5.74) is 12.8. The van der Waals surface area contributed by atoms with Gasteiger partial charge in [-0.15, -0.1) is 11.3 Å². The molecule has 0 spiro atoms. The molecule has 1 aromatic carbocycles. The Morgan fingerprint density at radius 3 is 2.60 bits per heavy atom. The number of hydrogen-bond acceptors (Lipinski definition) is 6. The minimum atomic E-state index is -0.776. The van der Waals surface area contributed by atoms with Gasteiger partial charge in [-0.2, -0.15) is 0 Å².